The molecule has 3 N–H and O–H groups in total. The van der Waals surface area contributed by atoms with Crippen molar-refractivity contribution in [3.63, 3.8) is 0 Å². The number of fused-ring (bicyclic) bond motifs is 3. The van der Waals surface area contributed by atoms with Crippen LogP contribution in [0.1, 0.15) is 42.6 Å². The number of aromatic amines is 1. The standard InChI is InChI=1S/C17H14FNO2.C16H12FNO2.C9H7NO2/c1-21-17(20)16-10-13-4-2-3-5-15(13)19(16)11-12-6-8-14(18)9-7-12;17-13-7-5-11(6-8-13)10-18-14-4-2-1-3-12(14)9-15(18)16(19)20;11-9(12)8-5-6-3-1-2-4-7(6)10-8/h2-10H,11H2,1H3;1-9H,10H2,(H,19,20);1-5,10H,(H,11,12). The molecule has 266 valence electrons. The molecule has 0 fully saturated rings. The monoisotopic (exact) mass is 713 g/mol. The van der Waals surface area contributed by atoms with Crippen LogP contribution in [0, 0.1) is 11.6 Å². The predicted octanol–water partition coefficient (Wildman–Crippen LogP) is 9.01. The zero-order valence-electron chi connectivity index (χ0n) is 28.4. The molecule has 0 saturated heterocycles. The number of benzene rings is 5. The molecule has 0 bridgehead atoms. The second kappa shape index (κ2) is 15.9. The number of hydrogen-bond donors (Lipinski definition) is 3. The zero-order chi connectivity index (χ0) is 37.5. The van der Waals surface area contributed by atoms with Gasteiger partial charge in [0.05, 0.1) is 7.11 Å². The summed E-state index contributed by atoms with van der Waals surface area (Å²) in [5, 5.41) is 20.7. The molecule has 9 nitrogen and oxygen atoms in total. The fraction of sp³-hybridized carbons (Fsp3) is 0.0714. The van der Waals surface area contributed by atoms with Crippen LogP contribution < -0.4 is 0 Å². The Morgan fingerprint density at radius 1 is 0.585 bits per heavy atom. The average Bonchev–Trinajstić information content (AvgIpc) is 3.88. The number of methoxy groups -OCH3 is 1. The van der Waals surface area contributed by atoms with E-state index < -0.39 is 11.9 Å². The summed E-state index contributed by atoms with van der Waals surface area (Å²) in [6, 6.07) is 40.1. The molecular weight excluding hydrogens is 680 g/mol. The lowest BCUT2D eigenvalue weighted by molar-refractivity contribution is 0.0588. The number of carbonyl (C=O) groups excluding carboxylic acids is 1. The Morgan fingerprint density at radius 2 is 1.04 bits per heavy atom. The number of esters is 1. The van der Waals surface area contributed by atoms with E-state index in [4.69, 9.17) is 9.84 Å². The second-order valence-corrected chi connectivity index (χ2v) is 12.0. The van der Waals surface area contributed by atoms with Crippen molar-refractivity contribution in [3.05, 3.63) is 179 Å². The van der Waals surface area contributed by atoms with Crippen molar-refractivity contribution < 1.29 is 38.1 Å². The minimum absolute atomic E-state index is 0.232. The predicted molar refractivity (Wildman–Crippen MR) is 198 cm³/mol. The molecule has 0 atom stereocenters. The number of halogens is 2. The molecule has 3 aromatic heterocycles. The Kier molecular flexibility index (Phi) is 10.7. The summed E-state index contributed by atoms with van der Waals surface area (Å²) < 4.78 is 34.4. The van der Waals surface area contributed by atoms with Crippen molar-refractivity contribution in [3.8, 4) is 0 Å². The second-order valence-electron chi connectivity index (χ2n) is 12.0. The fourth-order valence-electron chi connectivity index (χ4n) is 5.95. The number of carboxylic acids is 2. The van der Waals surface area contributed by atoms with Crippen LogP contribution in [0.5, 0.6) is 0 Å². The molecule has 0 aliphatic carbocycles. The molecule has 8 rings (SSSR count). The van der Waals surface area contributed by atoms with Gasteiger partial charge in [-0.1, -0.05) is 78.9 Å². The summed E-state index contributed by atoms with van der Waals surface area (Å²) in [7, 11) is 1.36. The minimum Gasteiger partial charge on any atom is -0.477 e. The van der Waals surface area contributed by atoms with Crippen LogP contribution in [-0.4, -0.2) is 49.3 Å². The maximum absolute atomic E-state index is 13.0. The number of nitrogens with one attached hydrogen (secondary N) is 1. The van der Waals surface area contributed by atoms with Crippen molar-refractivity contribution in [2.24, 2.45) is 0 Å². The molecule has 11 heteroatoms. The van der Waals surface area contributed by atoms with Gasteiger partial charge < -0.3 is 29.1 Å². The Labute approximate surface area is 301 Å². The summed E-state index contributed by atoms with van der Waals surface area (Å²) in [6.07, 6.45) is 0. The van der Waals surface area contributed by atoms with Crippen LogP contribution in [0.3, 0.4) is 0 Å². The number of hydrogen-bond acceptors (Lipinski definition) is 4. The van der Waals surface area contributed by atoms with E-state index in [-0.39, 0.29) is 29.0 Å². The van der Waals surface area contributed by atoms with E-state index in [0.717, 1.165) is 43.8 Å². The van der Waals surface area contributed by atoms with Crippen LogP contribution in [0.2, 0.25) is 0 Å². The van der Waals surface area contributed by atoms with E-state index >= 15 is 0 Å². The molecule has 0 saturated carbocycles. The number of rotatable bonds is 7. The lowest BCUT2D eigenvalue weighted by Gasteiger charge is -2.09. The first-order valence-corrected chi connectivity index (χ1v) is 16.4. The highest BCUT2D eigenvalue weighted by atomic mass is 19.1. The molecule has 0 spiro atoms. The maximum atomic E-state index is 13.0. The molecule has 0 unspecified atom stereocenters. The fourth-order valence-corrected chi connectivity index (χ4v) is 5.95. The maximum Gasteiger partial charge on any atom is 0.354 e. The van der Waals surface area contributed by atoms with Crippen molar-refractivity contribution in [1.29, 1.82) is 0 Å². The number of carbonyl (C=O) groups is 3. The smallest absolute Gasteiger partial charge is 0.354 e. The van der Waals surface area contributed by atoms with E-state index in [2.05, 4.69) is 4.98 Å². The van der Waals surface area contributed by atoms with Gasteiger partial charge in [0.2, 0.25) is 0 Å². The van der Waals surface area contributed by atoms with Crippen LogP contribution >= 0.6 is 0 Å². The van der Waals surface area contributed by atoms with Crippen LogP contribution in [0.15, 0.2) is 140 Å². The van der Waals surface area contributed by atoms with E-state index in [0.29, 0.717) is 18.8 Å². The summed E-state index contributed by atoms with van der Waals surface area (Å²) in [5.41, 5.74) is 5.39. The molecule has 0 radical (unpaired) electrons. The largest absolute Gasteiger partial charge is 0.477 e. The summed E-state index contributed by atoms with van der Waals surface area (Å²) >= 11 is 0. The van der Waals surface area contributed by atoms with Gasteiger partial charge in [0.25, 0.3) is 0 Å². The number of H-pyrrole nitrogens is 1. The van der Waals surface area contributed by atoms with Crippen molar-refractivity contribution in [2.75, 3.05) is 7.11 Å². The molecular formula is C42H33F2N3O6. The van der Waals surface area contributed by atoms with E-state index in [1.54, 1.807) is 41.0 Å². The third-order valence-corrected chi connectivity index (χ3v) is 8.50. The van der Waals surface area contributed by atoms with Crippen LogP contribution in [0.4, 0.5) is 8.78 Å². The summed E-state index contributed by atoms with van der Waals surface area (Å²) in [4.78, 5) is 36.6. The number of nitrogens with zero attached hydrogens (tertiary/aromatic N) is 2. The Bertz CT molecular complexity index is 2520. The first kappa shape index (κ1) is 35.8. The molecule has 0 amide bonds. The molecule has 0 aliphatic rings. The Hall–Kier alpha value is -7.01. The van der Waals surface area contributed by atoms with Crippen LogP contribution in [-0.2, 0) is 17.8 Å². The molecule has 3 heterocycles. The van der Waals surface area contributed by atoms with Gasteiger partial charge >= 0.3 is 17.9 Å². The highest BCUT2D eigenvalue weighted by Crippen LogP contribution is 2.23. The highest BCUT2D eigenvalue weighted by Gasteiger charge is 2.17. The SMILES string of the molecule is COC(=O)c1cc2ccccc2n1Cc1ccc(F)cc1.O=C(O)c1cc2ccccc2[nH]1.O=C(O)c1cc2ccccc2n1Cc1ccc(F)cc1. The van der Waals surface area contributed by atoms with Gasteiger partial charge in [0.15, 0.2) is 0 Å². The molecule has 53 heavy (non-hydrogen) atoms. The van der Waals surface area contributed by atoms with Gasteiger partial charge in [-0.3, -0.25) is 0 Å². The average molecular weight is 714 g/mol. The number of carboxylic acid groups (broad SMARTS) is 2. The number of aromatic carboxylic acids is 2. The van der Waals surface area contributed by atoms with Gasteiger partial charge in [-0.25, -0.2) is 23.2 Å². The minimum atomic E-state index is -0.969. The molecule has 8 aromatic rings. The van der Waals surface area contributed by atoms with E-state index in [9.17, 15) is 28.3 Å². The van der Waals surface area contributed by atoms with Crippen molar-refractivity contribution in [2.45, 2.75) is 13.1 Å². The normalized spacial score (nSPS) is 10.7. The topological polar surface area (TPSA) is 127 Å². The number of aromatic nitrogens is 3. The third kappa shape index (κ3) is 8.32. The van der Waals surface area contributed by atoms with Gasteiger partial charge in [0.1, 0.15) is 28.7 Å². The molecule has 5 aromatic carbocycles. The van der Waals surface area contributed by atoms with E-state index in [1.807, 2.05) is 83.4 Å². The van der Waals surface area contributed by atoms with E-state index in [1.165, 1.54) is 31.4 Å². The lowest BCUT2D eigenvalue weighted by Crippen LogP contribution is -2.11. The Morgan fingerprint density at radius 3 is 1.51 bits per heavy atom. The van der Waals surface area contributed by atoms with Gasteiger partial charge in [-0.15, -0.1) is 0 Å². The zero-order valence-corrected chi connectivity index (χ0v) is 28.4. The first-order valence-electron chi connectivity index (χ1n) is 16.4. The quantitative estimate of drug-likeness (QED) is 0.142. The van der Waals surface area contributed by atoms with Crippen molar-refractivity contribution >= 4 is 50.6 Å². The summed E-state index contributed by atoms with van der Waals surface area (Å²) in [6.45, 7) is 0.883. The van der Waals surface area contributed by atoms with Crippen molar-refractivity contribution in [1.82, 2.24) is 14.1 Å². The lowest BCUT2D eigenvalue weighted by atomic mass is 10.2. The number of para-hydroxylation sites is 3. The highest BCUT2D eigenvalue weighted by molar-refractivity contribution is 5.96. The molecule has 0 aliphatic heterocycles. The first-order chi connectivity index (χ1) is 25.6. The van der Waals surface area contributed by atoms with Gasteiger partial charge in [-0.2, -0.15) is 0 Å². The van der Waals surface area contributed by atoms with Gasteiger partial charge in [-0.05, 0) is 71.8 Å². The van der Waals surface area contributed by atoms with Crippen LogP contribution in [0.25, 0.3) is 32.7 Å². The summed E-state index contributed by atoms with van der Waals surface area (Å²) in [5.74, 6) is -2.85. The van der Waals surface area contributed by atoms with Gasteiger partial charge in [0, 0.05) is 45.8 Å². The third-order valence-electron chi connectivity index (χ3n) is 8.50. The number of ether oxygens (including phenoxy) is 1. The Balaban J connectivity index is 0.000000141.